The maximum absolute atomic E-state index is 5.97. The van der Waals surface area contributed by atoms with Gasteiger partial charge in [0.2, 0.25) is 0 Å². The number of nitrogens with one attached hydrogen (secondary N) is 1. The fourth-order valence-corrected chi connectivity index (χ4v) is 2.18. The van der Waals surface area contributed by atoms with Gasteiger partial charge >= 0.3 is 0 Å². The van der Waals surface area contributed by atoms with E-state index in [4.69, 9.17) is 9.26 Å². The van der Waals surface area contributed by atoms with Crippen LogP contribution < -0.4 is 10.1 Å². The average Bonchev–Trinajstić information content (AvgIpc) is 2.95. The van der Waals surface area contributed by atoms with Crippen molar-refractivity contribution in [2.45, 2.75) is 58.6 Å². The highest BCUT2D eigenvalue weighted by molar-refractivity contribution is 5.32. The molecule has 2 unspecified atom stereocenters. The van der Waals surface area contributed by atoms with Crippen LogP contribution >= 0.6 is 0 Å². The first-order valence-corrected chi connectivity index (χ1v) is 8.06. The minimum Gasteiger partial charge on any atom is -0.481 e. The van der Waals surface area contributed by atoms with Gasteiger partial charge in [0.25, 0.3) is 5.89 Å². The number of aromatic nitrogens is 2. The van der Waals surface area contributed by atoms with Crippen LogP contribution in [0.4, 0.5) is 0 Å². The van der Waals surface area contributed by atoms with Gasteiger partial charge in [-0.3, -0.25) is 0 Å². The van der Waals surface area contributed by atoms with E-state index in [2.05, 4.69) is 55.3 Å². The molecule has 2 rings (SSSR count). The SMILES string of the molecule is CNC(C)Cc1noc(C(C)Oc2cccc(C(C)(C)C)c2)n1. The minimum atomic E-state index is -0.281. The van der Waals surface area contributed by atoms with Gasteiger partial charge in [0.05, 0.1) is 0 Å². The fraction of sp³-hybridized carbons (Fsp3) is 0.556. The topological polar surface area (TPSA) is 60.2 Å². The molecule has 1 aromatic carbocycles. The summed E-state index contributed by atoms with van der Waals surface area (Å²) in [7, 11) is 1.92. The smallest absolute Gasteiger partial charge is 0.267 e. The first-order chi connectivity index (χ1) is 10.8. The summed E-state index contributed by atoms with van der Waals surface area (Å²) >= 11 is 0. The maximum atomic E-state index is 5.97. The number of rotatable bonds is 6. The van der Waals surface area contributed by atoms with Crippen LogP contribution in [-0.4, -0.2) is 23.2 Å². The Hall–Kier alpha value is -1.88. The molecular weight excluding hydrogens is 290 g/mol. The summed E-state index contributed by atoms with van der Waals surface area (Å²) in [5.41, 5.74) is 1.32. The number of nitrogens with zero attached hydrogens (tertiary/aromatic N) is 2. The molecule has 0 aliphatic heterocycles. The van der Waals surface area contributed by atoms with Crippen molar-refractivity contribution in [3.63, 3.8) is 0 Å². The molecule has 23 heavy (non-hydrogen) atoms. The average molecular weight is 317 g/mol. The third-order valence-electron chi connectivity index (χ3n) is 3.83. The first-order valence-electron chi connectivity index (χ1n) is 8.06. The lowest BCUT2D eigenvalue weighted by molar-refractivity contribution is 0.175. The number of hydrogen-bond acceptors (Lipinski definition) is 5. The number of likely N-dealkylation sites (N-methyl/N-ethyl adjacent to an activating group) is 1. The second-order valence-electron chi connectivity index (χ2n) is 6.98. The minimum absolute atomic E-state index is 0.0869. The predicted octanol–water partition coefficient (Wildman–Crippen LogP) is 3.66. The summed E-state index contributed by atoms with van der Waals surface area (Å²) in [6.07, 6.45) is 0.447. The monoisotopic (exact) mass is 317 g/mol. The molecule has 2 atom stereocenters. The van der Waals surface area contributed by atoms with Gasteiger partial charge in [-0.2, -0.15) is 4.98 Å². The Morgan fingerprint density at radius 2 is 2.00 bits per heavy atom. The fourth-order valence-electron chi connectivity index (χ4n) is 2.18. The lowest BCUT2D eigenvalue weighted by atomic mass is 9.87. The van der Waals surface area contributed by atoms with E-state index in [1.165, 1.54) is 5.56 Å². The molecule has 0 saturated heterocycles. The molecule has 0 bridgehead atoms. The Kier molecular flexibility index (Phi) is 5.42. The van der Waals surface area contributed by atoms with Gasteiger partial charge in [-0.15, -0.1) is 0 Å². The second-order valence-corrected chi connectivity index (χ2v) is 6.98. The zero-order valence-electron chi connectivity index (χ0n) is 14.9. The molecule has 0 fully saturated rings. The van der Waals surface area contributed by atoms with Crippen molar-refractivity contribution in [1.82, 2.24) is 15.5 Å². The van der Waals surface area contributed by atoms with E-state index in [-0.39, 0.29) is 11.5 Å². The molecule has 0 aliphatic carbocycles. The van der Waals surface area contributed by atoms with Crippen LogP contribution in [0.3, 0.4) is 0 Å². The zero-order chi connectivity index (χ0) is 17.0. The number of ether oxygens (including phenoxy) is 1. The van der Waals surface area contributed by atoms with E-state index in [0.29, 0.717) is 17.8 Å². The summed E-state index contributed by atoms with van der Waals surface area (Å²) < 4.78 is 11.3. The molecule has 1 heterocycles. The zero-order valence-corrected chi connectivity index (χ0v) is 14.9. The molecule has 5 heteroatoms. The molecule has 0 radical (unpaired) electrons. The molecule has 5 nitrogen and oxygen atoms in total. The third kappa shape index (κ3) is 4.79. The molecule has 0 amide bonds. The lowest BCUT2D eigenvalue weighted by Gasteiger charge is -2.20. The van der Waals surface area contributed by atoms with Crippen molar-refractivity contribution >= 4 is 0 Å². The molecule has 0 saturated carbocycles. The molecule has 126 valence electrons. The van der Waals surface area contributed by atoms with E-state index < -0.39 is 0 Å². The lowest BCUT2D eigenvalue weighted by Crippen LogP contribution is -2.24. The van der Waals surface area contributed by atoms with Crippen molar-refractivity contribution in [2.24, 2.45) is 0 Å². The summed E-state index contributed by atoms with van der Waals surface area (Å²) in [5, 5.41) is 7.18. The number of benzene rings is 1. The van der Waals surface area contributed by atoms with Crippen molar-refractivity contribution in [3.8, 4) is 5.75 Å². The van der Waals surface area contributed by atoms with Crippen molar-refractivity contribution in [3.05, 3.63) is 41.5 Å². The van der Waals surface area contributed by atoms with E-state index in [0.717, 1.165) is 12.2 Å². The molecule has 1 aromatic heterocycles. The normalized spacial score (nSPS) is 14.5. The van der Waals surface area contributed by atoms with Crippen LogP contribution in [0, 0.1) is 0 Å². The second kappa shape index (κ2) is 7.13. The Balaban J connectivity index is 2.06. The van der Waals surface area contributed by atoms with Crippen LogP contribution in [0.15, 0.2) is 28.8 Å². The van der Waals surface area contributed by atoms with Crippen LogP contribution in [-0.2, 0) is 11.8 Å². The van der Waals surface area contributed by atoms with Crippen molar-refractivity contribution < 1.29 is 9.26 Å². The molecular formula is C18H27N3O2. The summed E-state index contributed by atoms with van der Waals surface area (Å²) in [4.78, 5) is 4.42. The van der Waals surface area contributed by atoms with Gasteiger partial charge in [-0.1, -0.05) is 38.1 Å². The van der Waals surface area contributed by atoms with E-state index in [9.17, 15) is 0 Å². The highest BCUT2D eigenvalue weighted by atomic mass is 16.5. The quantitative estimate of drug-likeness (QED) is 0.881. The van der Waals surface area contributed by atoms with Gasteiger partial charge in [0.1, 0.15) is 5.75 Å². The first kappa shape index (κ1) is 17.5. The van der Waals surface area contributed by atoms with E-state index in [1.54, 1.807) is 0 Å². The third-order valence-corrected chi connectivity index (χ3v) is 3.83. The molecule has 1 N–H and O–H groups in total. The maximum Gasteiger partial charge on any atom is 0.267 e. The Morgan fingerprint density at radius 1 is 1.26 bits per heavy atom. The molecule has 2 aromatic rings. The van der Waals surface area contributed by atoms with Crippen LogP contribution in [0.2, 0.25) is 0 Å². The predicted molar refractivity (Wildman–Crippen MR) is 90.7 cm³/mol. The van der Waals surface area contributed by atoms with Gasteiger partial charge in [-0.25, -0.2) is 0 Å². The van der Waals surface area contributed by atoms with E-state index in [1.807, 2.05) is 26.1 Å². The van der Waals surface area contributed by atoms with Gasteiger partial charge in [-0.05, 0) is 44.0 Å². The number of hydrogen-bond donors (Lipinski definition) is 1. The highest BCUT2D eigenvalue weighted by Gasteiger charge is 2.18. The summed E-state index contributed by atoms with van der Waals surface area (Å²) in [6.45, 7) is 10.5. The standard InChI is InChI=1S/C18H27N3O2/c1-12(19-6)10-16-20-17(23-21-16)13(2)22-15-9-7-8-14(11-15)18(3,4)5/h7-9,11-13,19H,10H2,1-6H3. The highest BCUT2D eigenvalue weighted by Crippen LogP contribution is 2.28. The van der Waals surface area contributed by atoms with Crippen LogP contribution in [0.25, 0.3) is 0 Å². The Labute approximate surface area is 138 Å². The molecule has 0 spiro atoms. The summed E-state index contributed by atoms with van der Waals surface area (Å²) in [5.74, 6) is 2.01. The van der Waals surface area contributed by atoms with Crippen molar-refractivity contribution in [2.75, 3.05) is 7.05 Å². The van der Waals surface area contributed by atoms with Crippen molar-refractivity contribution in [1.29, 1.82) is 0 Å². The summed E-state index contributed by atoms with van der Waals surface area (Å²) in [6, 6.07) is 8.45. The van der Waals surface area contributed by atoms with Gasteiger partial charge in [0.15, 0.2) is 11.9 Å². The van der Waals surface area contributed by atoms with Gasteiger partial charge in [0, 0.05) is 12.5 Å². The largest absolute Gasteiger partial charge is 0.481 e. The van der Waals surface area contributed by atoms with E-state index >= 15 is 0 Å². The molecule has 0 aliphatic rings. The van der Waals surface area contributed by atoms with Crippen LogP contribution in [0.1, 0.15) is 58.0 Å². The Morgan fingerprint density at radius 3 is 2.65 bits per heavy atom. The van der Waals surface area contributed by atoms with Gasteiger partial charge < -0.3 is 14.6 Å². The van der Waals surface area contributed by atoms with Crippen LogP contribution in [0.5, 0.6) is 5.75 Å². The Bertz CT molecular complexity index is 631.